The standard InChI is InChI=1S/C13H8Cl3F2N/c14-6-1-2-7(9(15)3-6)13(19)8-4-11(17)12(18)5-10(8)16/h1-5,13H,19H2. The zero-order valence-corrected chi connectivity index (χ0v) is 11.7. The lowest BCUT2D eigenvalue weighted by Gasteiger charge is -2.16. The summed E-state index contributed by atoms with van der Waals surface area (Å²) in [4.78, 5) is 0. The van der Waals surface area contributed by atoms with E-state index in [2.05, 4.69) is 0 Å². The van der Waals surface area contributed by atoms with Crippen LogP contribution >= 0.6 is 34.8 Å². The summed E-state index contributed by atoms with van der Waals surface area (Å²) in [5.41, 5.74) is 6.77. The third-order valence-corrected chi connectivity index (χ3v) is 3.56. The van der Waals surface area contributed by atoms with Gasteiger partial charge in [0.15, 0.2) is 11.6 Å². The van der Waals surface area contributed by atoms with Gasteiger partial charge in [0.05, 0.1) is 6.04 Å². The van der Waals surface area contributed by atoms with Crippen LogP contribution in [0, 0.1) is 11.6 Å². The summed E-state index contributed by atoms with van der Waals surface area (Å²) in [6.45, 7) is 0. The molecule has 1 unspecified atom stereocenters. The van der Waals surface area contributed by atoms with Gasteiger partial charge in [0.1, 0.15) is 0 Å². The monoisotopic (exact) mass is 321 g/mol. The molecule has 2 aromatic rings. The van der Waals surface area contributed by atoms with Gasteiger partial charge in [-0.3, -0.25) is 0 Å². The van der Waals surface area contributed by atoms with E-state index in [1.807, 2.05) is 0 Å². The molecule has 0 saturated carbocycles. The molecule has 0 amide bonds. The zero-order chi connectivity index (χ0) is 14.2. The van der Waals surface area contributed by atoms with Crippen molar-refractivity contribution < 1.29 is 8.78 Å². The molecule has 0 aliphatic heterocycles. The Morgan fingerprint density at radius 3 is 2.05 bits per heavy atom. The number of rotatable bonds is 2. The summed E-state index contributed by atoms with van der Waals surface area (Å²) < 4.78 is 26.3. The molecule has 0 aromatic heterocycles. The highest BCUT2D eigenvalue weighted by Gasteiger charge is 2.18. The average molecular weight is 323 g/mol. The molecule has 0 fully saturated rings. The van der Waals surface area contributed by atoms with Crippen molar-refractivity contribution in [2.75, 3.05) is 0 Å². The molecule has 100 valence electrons. The van der Waals surface area contributed by atoms with Crippen LogP contribution in [0.2, 0.25) is 15.1 Å². The fourth-order valence-electron chi connectivity index (χ4n) is 1.70. The predicted octanol–water partition coefficient (Wildman–Crippen LogP) is 4.97. The maximum absolute atomic E-state index is 13.3. The molecule has 0 spiro atoms. The Balaban J connectivity index is 2.49. The second-order valence-corrected chi connectivity index (χ2v) is 5.18. The van der Waals surface area contributed by atoms with Gasteiger partial charge in [0.2, 0.25) is 0 Å². The number of hydrogen-bond donors (Lipinski definition) is 1. The molecule has 6 heteroatoms. The summed E-state index contributed by atoms with van der Waals surface area (Å²) in [5, 5.41) is 0.829. The SMILES string of the molecule is NC(c1ccc(Cl)cc1Cl)c1cc(F)c(F)cc1Cl. The minimum absolute atomic E-state index is 0.0393. The highest BCUT2D eigenvalue weighted by molar-refractivity contribution is 6.35. The summed E-state index contributed by atoms with van der Waals surface area (Å²) in [5.74, 6) is -2.04. The zero-order valence-electron chi connectivity index (χ0n) is 9.43. The first-order valence-corrected chi connectivity index (χ1v) is 6.38. The van der Waals surface area contributed by atoms with Gasteiger partial charge in [-0.15, -0.1) is 0 Å². The molecule has 1 atom stereocenters. The summed E-state index contributed by atoms with van der Waals surface area (Å²) in [6.07, 6.45) is 0. The van der Waals surface area contributed by atoms with E-state index in [-0.39, 0.29) is 10.6 Å². The topological polar surface area (TPSA) is 26.0 Å². The van der Waals surface area contributed by atoms with Crippen LogP contribution in [-0.2, 0) is 0 Å². The molecule has 2 rings (SSSR count). The van der Waals surface area contributed by atoms with E-state index < -0.39 is 17.7 Å². The van der Waals surface area contributed by atoms with Crippen LogP contribution in [0.15, 0.2) is 30.3 Å². The first-order chi connectivity index (χ1) is 8.90. The highest BCUT2D eigenvalue weighted by Crippen LogP contribution is 2.33. The van der Waals surface area contributed by atoms with Gasteiger partial charge >= 0.3 is 0 Å². The van der Waals surface area contributed by atoms with E-state index in [0.717, 1.165) is 12.1 Å². The van der Waals surface area contributed by atoms with Crippen LogP contribution in [0.1, 0.15) is 17.2 Å². The van der Waals surface area contributed by atoms with E-state index >= 15 is 0 Å². The van der Waals surface area contributed by atoms with Gasteiger partial charge in [-0.1, -0.05) is 40.9 Å². The second-order valence-electron chi connectivity index (χ2n) is 3.93. The van der Waals surface area contributed by atoms with E-state index in [4.69, 9.17) is 40.5 Å². The Bertz CT molecular complexity index is 632. The van der Waals surface area contributed by atoms with Gasteiger partial charge in [0, 0.05) is 15.1 Å². The fourth-order valence-corrected chi connectivity index (χ4v) is 2.49. The lowest BCUT2D eigenvalue weighted by molar-refractivity contribution is 0.506. The first-order valence-electron chi connectivity index (χ1n) is 5.25. The van der Waals surface area contributed by atoms with Gasteiger partial charge in [-0.05, 0) is 35.4 Å². The molecule has 0 heterocycles. The normalized spacial score (nSPS) is 12.5. The Hall–Kier alpha value is -0.870. The quantitative estimate of drug-likeness (QED) is 0.776. The number of hydrogen-bond acceptors (Lipinski definition) is 1. The van der Waals surface area contributed by atoms with Crippen molar-refractivity contribution in [3.8, 4) is 0 Å². The van der Waals surface area contributed by atoms with Crippen LogP contribution in [0.4, 0.5) is 8.78 Å². The van der Waals surface area contributed by atoms with Crippen LogP contribution < -0.4 is 5.73 Å². The molecule has 0 bridgehead atoms. The maximum Gasteiger partial charge on any atom is 0.160 e. The lowest BCUT2D eigenvalue weighted by Crippen LogP contribution is -2.13. The van der Waals surface area contributed by atoms with Crippen LogP contribution in [0.5, 0.6) is 0 Å². The Morgan fingerprint density at radius 2 is 1.42 bits per heavy atom. The third kappa shape index (κ3) is 3.00. The fraction of sp³-hybridized carbons (Fsp3) is 0.0769. The molecule has 0 radical (unpaired) electrons. The van der Waals surface area contributed by atoms with Crippen LogP contribution in [0.3, 0.4) is 0 Å². The third-order valence-electron chi connectivity index (χ3n) is 2.67. The molecule has 1 nitrogen and oxygen atoms in total. The Morgan fingerprint density at radius 1 is 0.842 bits per heavy atom. The van der Waals surface area contributed by atoms with Gasteiger partial charge < -0.3 is 5.73 Å². The number of nitrogens with two attached hydrogens (primary N) is 1. The largest absolute Gasteiger partial charge is 0.320 e. The molecule has 0 aliphatic carbocycles. The minimum Gasteiger partial charge on any atom is -0.320 e. The van der Waals surface area contributed by atoms with Crippen molar-refractivity contribution in [2.45, 2.75) is 6.04 Å². The van der Waals surface area contributed by atoms with Crippen molar-refractivity contribution in [3.05, 3.63) is 68.2 Å². The smallest absolute Gasteiger partial charge is 0.160 e. The maximum atomic E-state index is 13.3. The molecule has 2 N–H and O–H groups in total. The Labute approximate surface area is 123 Å². The number of halogens is 5. The predicted molar refractivity (Wildman–Crippen MR) is 73.9 cm³/mol. The molecule has 0 saturated heterocycles. The summed E-state index contributed by atoms with van der Waals surface area (Å²) >= 11 is 17.7. The molecular formula is C13H8Cl3F2N. The van der Waals surface area contributed by atoms with E-state index in [0.29, 0.717) is 15.6 Å². The van der Waals surface area contributed by atoms with Gasteiger partial charge in [-0.25, -0.2) is 8.78 Å². The first kappa shape index (κ1) is 14.5. The molecule has 2 aromatic carbocycles. The van der Waals surface area contributed by atoms with Crippen molar-refractivity contribution >= 4 is 34.8 Å². The highest BCUT2D eigenvalue weighted by atomic mass is 35.5. The van der Waals surface area contributed by atoms with Crippen LogP contribution in [0.25, 0.3) is 0 Å². The molecule has 19 heavy (non-hydrogen) atoms. The summed E-state index contributed by atoms with van der Waals surface area (Å²) in [7, 11) is 0. The molecular weight excluding hydrogens is 315 g/mol. The summed E-state index contributed by atoms with van der Waals surface area (Å²) in [6, 6.07) is 5.82. The van der Waals surface area contributed by atoms with Crippen molar-refractivity contribution in [2.24, 2.45) is 5.73 Å². The van der Waals surface area contributed by atoms with E-state index in [1.54, 1.807) is 12.1 Å². The van der Waals surface area contributed by atoms with Crippen LogP contribution in [-0.4, -0.2) is 0 Å². The second kappa shape index (κ2) is 5.63. The Kier molecular flexibility index (Phi) is 4.31. The van der Waals surface area contributed by atoms with E-state index in [1.165, 1.54) is 6.07 Å². The van der Waals surface area contributed by atoms with Crippen molar-refractivity contribution in [1.82, 2.24) is 0 Å². The van der Waals surface area contributed by atoms with Gasteiger partial charge in [0.25, 0.3) is 0 Å². The van der Waals surface area contributed by atoms with Gasteiger partial charge in [-0.2, -0.15) is 0 Å². The molecule has 0 aliphatic rings. The average Bonchev–Trinajstić information content (AvgIpc) is 2.33. The van der Waals surface area contributed by atoms with Crippen molar-refractivity contribution in [1.29, 1.82) is 0 Å². The lowest BCUT2D eigenvalue weighted by atomic mass is 9.99. The van der Waals surface area contributed by atoms with Crippen molar-refractivity contribution in [3.63, 3.8) is 0 Å². The van der Waals surface area contributed by atoms with E-state index in [9.17, 15) is 8.78 Å². The minimum atomic E-state index is -1.02. The number of benzene rings is 2.